The summed E-state index contributed by atoms with van der Waals surface area (Å²) in [5, 5.41) is 6.33. The van der Waals surface area contributed by atoms with Crippen molar-refractivity contribution < 1.29 is 31.6 Å². The van der Waals surface area contributed by atoms with E-state index in [-0.39, 0.29) is 40.2 Å². The molecule has 1 N–H and O–H groups in total. The second-order valence-electron chi connectivity index (χ2n) is 8.89. The van der Waals surface area contributed by atoms with Gasteiger partial charge in [0.05, 0.1) is 6.42 Å². The largest absolute Gasteiger partial charge is 0.435 e. The molecular formula is C22H17Cl2F5N4O2. The van der Waals surface area contributed by atoms with Crippen LogP contribution in [0.2, 0.25) is 10.0 Å². The fraction of sp³-hybridized carbons (Fsp3) is 0.409. The molecule has 1 aromatic heterocycles. The van der Waals surface area contributed by atoms with Crippen molar-refractivity contribution >= 4 is 34.9 Å². The molecule has 2 aliphatic heterocycles. The fourth-order valence-corrected chi connectivity index (χ4v) is 4.98. The van der Waals surface area contributed by atoms with Crippen molar-refractivity contribution in [1.29, 1.82) is 0 Å². The second-order valence-corrected chi connectivity index (χ2v) is 9.76. The van der Waals surface area contributed by atoms with Crippen LogP contribution < -0.4 is 5.32 Å². The number of hydrogen-bond acceptors (Lipinski definition) is 5. The first-order valence-electron chi connectivity index (χ1n) is 10.5. The molecule has 6 nitrogen and oxygen atoms in total. The van der Waals surface area contributed by atoms with Gasteiger partial charge in [-0.1, -0.05) is 28.4 Å². The first-order chi connectivity index (χ1) is 16.3. The van der Waals surface area contributed by atoms with Gasteiger partial charge in [-0.05, 0) is 35.4 Å². The first kappa shape index (κ1) is 24.1. The molecule has 3 aliphatic rings. The normalized spacial score (nSPS) is 23.4. The van der Waals surface area contributed by atoms with E-state index in [0.717, 1.165) is 12.1 Å². The van der Waals surface area contributed by atoms with Crippen LogP contribution in [0.4, 0.5) is 22.0 Å². The number of fused-ring (bicyclic) bond motifs is 1. The lowest BCUT2D eigenvalue weighted by atomic mass is 9.88. The van der Waals surface area contributed by atoms with Crippen molar-refractivity contribution in [3.05, 3.63) is 62.9 Å². The quantitative estimate of drug-likeness (QED) is 0.533. The maximum Gasteiger partial charge on any atom is 0.435 e. The smallest absolute Gasteiger partial charge is 0.372 e. The summed E-state index contributed by atoms with van der Waals surface area (Å²) < 4.78 is 68.7. The minimum absolute atomic E-state index is 0.0317. The third kappa shape index (κ3) is 4.40. The van der Waals surface area contributed by atoms with Gasteiger partial charge in [-0.3, -0.25) is 9.78 Å². The summed E-state index contributed by atoms with van der Waals surface area (Å²) in [5.74, 6) is -3.28. The summed E-state index contributed by atoms with van der Waals surface area (Å²) in [6.45, 7) is 0.386. The molecule has 186 valence electrons. The molecule has 3 heterocycles. The van der Waals surface area contributed by atoms with Gasteiger partial charge in [0.15, 0.2) is 0 Å². The van der Waals surface area contributed by atoms with Gasteiger partial charge in [-0.2, -0.15) is 13.2 Å². The van der Waals surface area contributed by atoms with E-state index in [2.05, 4.69) is 15.5 Å². The molecule has 1 aromatic carbocycles. The summed E-state index contributed by atoms with van der Waals surface area (Å²) in [5.41, 5.74) is -1.60. The van der Waals surface area contributed by atoms with Crippen LogP contribution in [0.5, 0.6) is 0 Å². The molecule has 0 radical (unpaired) electrons. The average Bonchev–Trinajstić information content (AvgIpc) is 3.36. The summed E-state index contributed by atoms with van der Waals surface area (Å²) in [4.78, 5) is 23.1. The first-order valence-corrected chi connectivity index (χ1v) is 11.3. The summed E-state index contributed by atoms with van der Waals surface area (Å²) >= 11 is 11.9. The van der Waals surface area contributed by atoms with Crippen LogP contribution in [0, 0.1) is 0 Å². The summed E-state index contributed by atoms with van der Waals surface area (Å²) in [7, 11) is 0. The van der Waals surface area contributed by atoms with E-state index < -0.39 is 48.9 Å². The Kier molecular flexibility index (Phi) is 5.63. The molecule has 1 saturated carbocycles. The van der Waals surface area contributed by atoms with E-state index in [4.69, 9.17) is 28.0 Å². The van der Waals surface area contributed by atoms with Crippen molar-refractivity contribution in [2.45, 2.75) is 56.1 Å². The van der Waals surface area contributed by atoms with Crippen LogP contribution in [0.3, 0.4) is 0 Å². The second kappa shape index (κ2) is 8.19. The molecule has 0 bridgehead atoms. The van der Waals surface area contributed by atoms with Gasteiger partial charge in [-0.15, -0.1) is 0 Å². The van der Waals surface area contributed by atoms with Gasteiger partial charge < -0.3 is 15.1 Å². The molecular weight excluding hydrogens is 518 g/mol. The van der Waals surface area contributed by atoms with E-state index in [1.165, 1.54) is 18.3 Å². The van der Waals surface area contributed by atoms with Crippen LogP contribution in [0.1, 0.15) is 46.4 Å². The standard InChI is InChI=1S/C22H17Cl2F5N4O2/c23-14-2-13(3-15(24)4-14)21(22(27,28)29)7-18(32-35-21)33-9-11-1-17(30-8-12(11)10-33)19(34)31-16-5-20(25,26)6-16/h1-4,8,16H,5-7,9-10H2,(H,31,34). The van der Waals surface area contributed by atoms with Crippen LogP contribution in [0.15, 0.2) is 35.6 Å². The molecule has 1 aliphatic carbocycles. The van der Waals surface area contributed by atoms with Gasteiger partial charge in [0.25, 0.3) is 17.4 Å². The Morgan fingerprint density at radius 1 is 1.09 bits per heavy atom. The highest BCUT2D eigenvalue weighted by molar-refractivity contribution is 6.34. The lowest BCUT2D eigenvalue weighted by Crippen LogP contribution is -2.50. The van der Waals surface area contributed by atoms with Crippen LogP contribution >= 0.6 is 23.2 Å². The Morgan fingerprint density at radius 2 is 1.74 bits per heavy atom. The Hall–Kier alpha value is -2.66. The summed E-state index contributed by atoms with van der Waals surface area (Å²) in [6, 6.07) is 4.49. The predicted molar refractivity (Wildman–Crippen MR) is 116 cm³/mol. The van der Waals surface area contributed by atoms with Crippen LogP contribution in [0.25, 0.3) is 0 Å². The average molecular weight is 535 g/mol. The fourth-order valence-electron chi connectivity index (χ4n) is 4.46. The number of hydrogen-bond donors (Lipinski definition) is 1. The topological polar surface area (TPSA) is 66.8 Å². The molecule has 0 spiro atoms. The van der Waals surface area contributed by atoms with Gasteiger partial charge >= 0.3 is 6.18 Å². The Morgan fingerprint density at radius 3 is 2.37 bits per heavy atom. The number of halogens is 7. The molecule has 13 heteroatoms. The van der Waals surface area contributed by atoms with Crippen molar-refractivity contribution in [3.63, 3.8) is 0 Å². The minimum atomic E-state index is -4.82. The third-order valence-corrected chi connectivity index (χ3v) is 6.77. The molecule has 1 atom stereocenters. The Balaban J connectivity index is 1.31. The van der Waals surface area contributed by atoms with E-state index in [1.807, 2.05) is 0 Å². The number of aromatic nitrogens is 1. The molecule has 1 fully saturated rings. The van der Waals surface area contributed by atoms with Gasteiger partial charge in [-0.25, -0.2) is 8.78 Å². The maximum absolute atomic E-state index is 14.2. The molecule has 35 heavy (non-hydrogen) atoms. The van der Waals surface area contributed by atoms with Crippen molar-refractivity contribution in [1.82, 2.24) is 15.2 Å². The lowest BCUT2D eigenvalue weighted by molar-refractivity contribution is -0.275. The van der Waals surface area contributed by atoms with Gasteiger partial charge in [0, 0.05) is 53.8 Å². The number of amides is 1. The third-order valence-electron chi connectivity index (χ3n) is 6.33. The number of rotatable bonds is 3. The van der Waals surface area contributed by atoms with E-state index >= 15 is 0 Å². The zero-order valence-electron chi connectivity index (χ0n) is 17.8. The Labute approximate surface area is 206 Å². The van der Waals surface area contributed by atoms with Gasteiger partial charge in [0.2, 0.25) is 0 Å². The zero-order chi connectivity index (χ0) is 25.2. The SMILES string of the molecule is O=C(NC1CC(F)(F)C1)c1cc2c(cn1)CN(C1=NOC(c3cc(Cl)cc(Cl)c3)(C(F)(F)F)C1)C2. The highest BCUT2D eigenvalue weighted by Gasteiger charge is 2.63. The number of pyridine rings is 1. The number of alkyl halides is 5. The van der Waals surface area contributed by atoms with Gasteiger partial charge in [0.1, 0.15) is 11.5 Å². The minimum Gasteiger partial charge on any atom is -0.372 e. The number of nitrogens with one attached hydrogen (secondary N) is 1. The highest BCUT2D eigenvalue weighted by Crippen LogP contribution is 2.50. The maximum atomic E-state index is 14.2. The van der Waals surface area contributed by atoms with Crippen LogP contribution in [-0.2, 0) is 23.5 Å². The Bertz CT molecular complexity index is 1210. The van der Waals surface area contributed by atoms with Crippen molar-refractivity contribution in [2.75, 3.05) is 0 Å². The lowest BCUT2D eigenvalue weighted by Gasteiger charge is -2.35. The van der Waals surface area contributed by atoms with Crippen molar-refractivity contribution in [2.24, 2.45) is 5.16 Å². The molecule has 0 saturated heterocycles. The number of carbonyl (C=O) groups excluding carboxylic acids is 1. The monoisotopic (exact) mass is 534 g/mol. The summed E-state index contributed by atoms with van der Waals surface area (Å²) in [6.07, 6.45) is -4.81. The predicted octanol–water partition coefficient (Wildman–Crippen LogP) is 5.42. The molecule has 1 unspecified atom stereocenters. The highest BCUT2D eigenvalue weighted by atomic mass is 35.5. The number of amidine groups is 1. The number of carbonyl (C=O) groups is 1. The number of benzene rings is 1. The number of oxime groups is 1. The van der Waals surface area contributed by atoms with E-state index in [1.54, 1.807) is 4.90 Å². The van der Waals surface area contributed by atoms with E-state index in [9.17, 15) is 26.7 Å². The zero-order valence-corrected chi connectivity index (χ0v) is 19.3. The number of nitrogens with zero attached hydrogens (tertiary/aromatic N) is 3. The van der Waals surface area contributed by atoms with E-state index in [0.29, 0.717) is 11.1 Å². The van der Waals surface area contributed by atoms with Crippen LogP contribution in [-0.4, -0.2) is 39.8 Å². The molecule has 2 aromatic rings. The van der Waals surface area contributed by atoms with Crippen molar-refractivity contribution in [3.8, 4) is 0 Å². The molecule has 1 amide bonds. The molecule has 5 rings (SSSR count).